The lowest BCUT2D eigenvalue weighted by molar-refractivity contribution is -0.548. The van der Waals surface area contributed by atoms with Crippen LogP contribution in [0.15, 0.2) is 0 Å². The van der Waals surface area contributed by atoms with Gasteiger partial charge in [0.25, 0.3) is 6.36 Å². The summed E-state index contributed by atoms with van der Waals surface area (Å²) in [5, 5.41) is 0. The van der Waals surface area contributed by atoms with Gasteiger partial charge in [-0.15, -0.1) is 0 Å². The van der Waals surface area contributed by atoms with Crippen molar-refractivity contribution in [1.82, 2.24) is 4.90 Å². The van der Waals surface area contributed by atoms with Gasteiger partial charge in [0, 0.05) is 0 Å². The molecular weight excluding hydrogens is 280 g/mol. The molecule has 1 fully saturated rings. The second-order valence-electron chi connectivity index (χ2n) is 2.88. The van der Waals surface area contributed by atoms with Gasteiger partial charge >= 0.3 is 24.5 Å². The van der Waals surface area contributed by atoms with E-state index in [2.05, 4.69) is 4.74 Å². The van der Waals surface area contributed by atoms with Crippen molar-refractivity contribution in [1.29, 1.82) is 0 Å². The molecule has 0 radical (unpaired) electrons. The molecule has 1 heterocycles. The average molecular weight is 281 g/mol. The quantitative estimate of drug-likeness (QED) is 0.500. The van der Waals surface area contributed by atoms with Gasteiger partial charge in [-0.05, 0) is 0 Å². The van der Waals surface area contributed by atoms with Crippen LogP contribution in [0.3, 0.4) is 0 Å². The Labute approximate surface area is 85.7 Å². The van der Waals surface area contributed by atoms with Crippen LogP contribution >= 0.6 is 0 Å². The first-order valence-electron chi connectivity index (χ1n) is 3.57. The molecule has 0 bridgehead atoms. The molecule has 12 heteroatoms. The number of rotatable bonds is 0. The zero-order chi connectivity index (χ0) is 13.9. The van der Waals surface area contributed by atoms with Gasteiger partial charge < -0.3 is 0 Å². The summed E-state index contributed by atoms with van der Waals surface area (Å²) in [7, 11) is 0. The Hall–Kier alpha value is -0.780. The number of morpholine rings is 1. The zero-order valence-corrected chi connectivity index (χ0v) is 7.21. The third-order valence-electron chi connectivity index (χ3n) is 1.71. The van der Waals surface area contributed by atoms with Crippen LogP contribution in [0.1, 0.15) is 0 Å². The van der Waals surface area contributed by atoms with E-state index in [0.717, 1.165) is 0 Å². The summed E-state index contributed by atoms with van der Waals surface area (Å²) < 4.78 is 125. The molecule has 1 aliphatic heterocycles. The Bertz CT molecular complexity index is 310. The fourth-order valence-corrected chi connectivity index (χ4v) is 1.02. The molecule has 0 aromatic rings. The van der Waals surface area contributed by atoms with E-state index >= 15 is 0 Å². The fraction of sp³-hybridized carbons (Fsp3) is 1.00. The fourth-order valence-electron chi connectivity index (χ4n) is 1.02. The standard InChI is InChI=1S/C5HF10NO/c6-1-2(7,8)16(5(13,14)15)3(9,10)4(11,12)17-1/h1H. The van der Waals surface area contributed by atoms with Crippen molar-refractivity contribution in [3.05, 3.63) is 0 Å². The maximum absolute atomic E-state index is 12.5. The van der Waals surface area contributed by atoms with Crippen LogP contribution in [0.25, 0.3) is 0 Å². The molecule has 0 N–H and O–H groups in total. The molecule has 17 heavy (non-hydrogen) atoms. The number of hydrogen-bond acceptors (Lipinski definition) is 2. The molecule has 1 unspecified atom stereocenters. The number of halogens is 10. The van der Waals surface area contributed by atoms with Crippen molar-refractivity contribution < 1.29 is 48.6 Å². The minimum Gasteiger partial charge on any atom is -0.272 e. The molecule has 0 aliphatic carbocycles. The summed E-state index contributed by atoms with van der Waals surface area (Å²) in [6.07, 6.45) is -17.2. The summed E-state index contributed by atoms with van der Waals surface area (Å²) >= 11 is 0. The topological polar surface area (TPSA) is 12.5 Å². The van der Waals surface area contributed by atoms with Crippen LogP contribution in [-0.4, -0.2) is 35.8 Å². The predicted molar refractivity (Wildman–Crippen MR) is 28.7 cm³/mol. The van der Waals surface area contributed by atoms with Crippen molar-refractivity contribution in [3.63, 3.8) is 0 Å². The van der Waals surface area contributed by atoms with Crippen molar-refractivity contribution in [2.75, 3.05) is 0 Å². The monoisotopic (exact) mass is 281 g/mol. The molecule has 102 valence electrons. The van der Waals surface area contributed by atoms with E-state index in [1.54, 1.807) is 0 Å². The second kappa shape index (κ2) is 3.37. The molecule has 0 spiro atoms. The van der Waals surface area contributed by atoms with Gasteiger partial charge in [0.2, 0.25) is 0 Å². The first kappa shape index (κ1) is 14.3. The lowest BCUT2D eigenvalue weighted by atomic mass is 10.3. The normalized spacial score (nSPS) is 32.5. The van der Waals surface area contributed by atoms with Crippen LogP contribution in [-0.2, 0) is 4.74 Å². The maximum Gasteiger partial charge on any atom is 0.469 e. The van der Waals surface area contributed by atoms with Gasteiger partial charge in [-0.1, -0.05) is 4.90 Å². The molecule has 2 nitrogen and oxygen atoms in total. The Morgan fingerprint density at radius 3 is 1.71 bits per heavy atom. The van der Waals surface area contributed by atoms with Crippen LogP contribution in [0.2, 0.25) is 0 Å². The molecule has 0 saturated carbocycles. The summed E-state index contributed by atoms with van der Waals surface area (Å²) in [5.41, 5.74) is 0. The van der Waals surface area contributed by atoms with E-state index in [1.807, 2.05) is 0 Å². The summed E-state index contributed by atoms with van der Waals surface area (Å²) in [5.74, 6) is 0. The van der Waals surface area contributed by atoms with E-state index in [1.165, 1.54) is 0 Å². The molecular formula is C5HF10NO. The average Bonchev–Trinajstić information content (AvgIpc) is 1.95. The minimum atomic E-state index is -6.59. The van der Waals surface area contributed by atoms with Gasteiger partial charge in [0.1, 0.15) is 0 Å². The highest BCUT2D eigenvalue weighted by Crippen LogP contribution is 2.54. The van der Waals surface area contributed by atoms with Crippen molar-refractivity contribution >= 4 is 0 Å². The van der Waals surface area contributed by atoms with Gasteiger partial charge in [0.05, 0.1) is 0 Å². The summed E-state index contributed by atoms with van der Waals surface area (Å²) in [6.45, 7) is 0. The van der Waals surface area contributed by atoms with Crippen molar-refractivity contribution in [3.8, 4) is 0 Å². The predicted octanol–water partition coefficient (Wildman–Crippen LogP) is 2.91. The first-order chi connectivity index (χ1) is 7.24. The number of ether oxygens (including phenoxy) is 1. The van der Waals surface area contributed by atoms with E-state index in [0.29, 0.717) is 0 Å². The molecule has 0 aromatic heterocycles. The Morgan fingerprint density at radius 1 is 0.941 bits per heavy atom. The first-order valence-corrected chi connectivity index (χ1v) is 3.57. The van der Waals surface area contributed by atoms with Gasteiger partial charge in [-0.25, -0.2) is 4.39 Å². The van der Waals surface area contributed by atoms with E-state index < -0.39 is 35.8 Å². The van der Waals surface area contributed by atoms with Crippen molar-refractivity contribution in [2.24, 2.45) is 0 Å². The SMILES string of the molecule is FC1OC(F)(F)C(F)(F)N(C(F)(F)F)C1(F)F. The van der Waals surface area contributed by atoms with Gasteiger partial charge in [-0.2, -0.15) is 39.5 Å². The molecule has 0 aromatic carbocycles. The Balaban J connectivity index is 3.36. The van der Waals surface area contributed by atoms with Crippen LogP contribution < -0.4 is 0 Å². The smallest absolute Gasteiger partial charge is 0.272 e. The lowest BCUT2D eigenvalue weighted by Gasteiger charge is -2.45. The van der Waals surface area contributed by atoms with Gasteiger partial charge in [0.15, 0.2) is 0 Å². The van der Waals surface area contributed by atoms with Crippen LogP contribution in [0.5, 0.6) is 0 Å². The highest BCUT2D eigenvalue weighted by atomic mass is 19.4. The summed E-state index contributed by atoms with van der Waals surface area (Å²) in [6, 6.07) is -12.4. The molecule has 1 rings (SSSR count). The van der Waals surface area contributed by atoms with E-state index in [4.69, 9.17) is 0 Å². The highest BCUT2D eigenvalue weighted by molar-refractivity contribution is 4.92. The number of hydrogen-bond donors (Lipinski definition) is 0. The maximum atomic E-state index is 12.5. The molecule has 1 aliphatic rings. The van der Waals surface area contributed by atoms with E-state index in [-0.39, 0.29) is 0 Å². The van der Waals surface area contributed by atoms with E-state index in [9.17, 15) is 43.9 Å². The second-order valence-corrected chi connectivity index (χ2v) is 2.88. The third-order valence-corrected chi connectivity index (χ3v) is 1.71. The third kappa shape index (κ3) is 1.92. The summed E-state index contributed by atoms with van der Waals surface area (Å²) in [4.78, 5) is -3.17. The zero-order valence-electron chi connectivity index (χ0n) is 7.21. The highest BCUT2D eigenvalue weighted by Gasteiger charge is 2.81. The molecule has 1 atom stereocenters. The van der Waals surface area contributed by atoms with Crippen LogP contribution in [0, 0.1) is 0 Å². The van der Waals surface area contributed by atoms with Crippen molar-refractivity contribution in [2.45, 2.75) is 30.9 Å². The van der Waals surface area contributed by atoms with Crippen LogP contribution in [0.4, 0.5) is 43.9 Å². The number of alkyl halides is 10. The Kier molecular flexibility index (Phi) is 2.83. The molecule has 0 amide bonds. The Morgan fingerprint density at radius 2 is 1.35 bits per heavy atom. The largest absolute Gasteiger partial charge is 0.469 e. The minimum absolute atomic E-state index is 2.29. The number of nitrogens with zero attached hydrogens (tertiary/aromatic N) is 1. The van der Waals surface area contributed by atoms with Gasteiger partial charge in [-0.3, -0.25) is 4.74 Å². The molecule has 1 saturated heterocycles. The lowest BCUT2D eigenvalue weighted by Crippen LogP contribution is -2.73.